The van der Waals surface area contributed by atoms with Crippen LogP contribution in [0.4, 0.5) is 10.5 Å². The first-order valence-corrected chi connectivity index (χ1v) is 7.80. The summed E-state index contributed by atoms with van der Waals surface area (Å²) in [4.78, 5) is 15.1. The molecule has 0 unspecified atom stereocenters. The molecule has 1 aromatic heterocycles. The zero-order valence-electron chi connectivity index (χ0n) is 13.4. The third-order valence-corrected chi connectivity index (χ3v) is 4.08. The smallest absolute Gasteiger partial charge is 0.319 e. The van der Waals surface area contributed by atoms with E-state index in [9.17, 15) is 4.79 Å². The zero-order valence-corrected chi connectivity index (χ0v) is 13.4. The van der Waals surface area contributed by atoms with Gasteiger partial charge in [-0.15, -0.1) is 0 Å². The molecule has 0 fully saturated rings. The molecule has 0 aliphatic rings. The molecule has 0 spiro atoms. The summed E-state index contributed by atoms with van der Waals surface area (Å²) < 4.78 is 0. The van der Waals surface area contributed by atoms with Crippen LogP contribution in [-0.2, 0) is 6.42 Å². The number of amides is 2. The van der Waals surface area contributed by atoms with Gasteiger partial charge in [-0.25, -0.2) is 4.79 Å². The van der Waals surface area contributed by atoms with Crippen LogP contribution in [0.1, 0.15) is 16.7 Å². The number of nitrogens with one attached hydrogen (secondary N) is 3. The predicted octanol–water partition coefficient (Wildman–Crippen LogP) is 4.15. The Morgan fingerprint density at radius 2 is 1.91 bits per heavy atom. The van der Waals surface area contributed by atoms with E-state index < -0.39 is 0 Å². The maximum atomic E-state index is 12.0. The van der Waals surface area contributed by atoms with Gasteiger partial charge in [-0.05, 0) is 61.2 Å². The van der Waals surface area contributed by atoms with E-state index in [4.69, 9.17) is 0 Å². The largest absolute Gasteiger partial charge is 0.361 e. The van der Waals surface area contributed by atoms with Gasteiger partial charge >= 0.3 is 6.03 Å². The molecule has 3 rings (SSSR count). The Bertz CT molecular complexity index is 836. The molecule has 0 saturated heterocycles. The van der Waals surface area contributed by atoms with Gasteiger partial charge in [-0.2, -0.15) is 0 Å². The van der Waals surface area contributed by atoms with E-state index in [2.05, 4.69) is 47.7 Å². The van der Waals surface area contributed by atoms with Crippen LogP contribution in [-0.4, -0.2) is 17.6 Å². The molecule has 0 radical (unpaired) electrons. The van der Waals surface area contributed by atoms with Crippen molar-refractivity contribution in [1.29, 1.82) is 0 Å². The number of anilines is 1. The van der Waals surface area contributed by atoms with E-state index in [0.717, 1.165) is 23.0 Å². The summed E-state index contributed by atoms with van der Waals surface area (Å²) in [6.07, 6.45) is 2.71. The van der Waals surface area contributed by atoms with Crippen molar-refractivity contribution in [2.24, 2.45) is 0 Å². The average molecular weight is 307 g/mol. The first-order valence-electron chi connectivity index (χ1n) is 7.80. The highest BCUT2D eigenvalue weighted by atomic mass is 16.2. The Hall–Kier alpha value is -2.75. The first-order chi connectivity index (χ1) is 11.1. The van der Waals surface area contributed by atoms with E-state index in [0.29, 0.717) is 6.54 Å². The van der Waals surface area contributed by atoms with Gasteiger partial charge in [0.1, 0.15) is 0 Å². The van der Waals surface area contributed by atoms with Gasteiger partial charge in [0, 0.05) is 29.3 Å². The predicted molar refractivity (Wildman–Crippen MR) is 94.9 cm³/mol. The molecule has 3 N–H and O–H groups in total. The molecule has 4 nitrogen and oxygen atoms in total. The van der Waals surface area contributed by atoms with Crippen molar-refractivity contribution in [1.82, 2.24) is 10.3 Å². The zero-order chi connectivity index (χ0) is 16.2. The van der Waals surface area contributed by atoms with Gasteiger partial charge in [0.25, 0.3) is 0 Å². The summed E-state index contributed by atoms with van der Waals surface area (Å²) in [7, 11) is 0. The third-order valence-electron chi connectivity index (χ3n) is 4.08. The summed E-state index contributed by atoms with van der Waals surface area (Å²) in [5.41, 5.74) is 5.67. The number of carbonyl (C=O) groups excluding carboxylic acids is 1. The summed E-state index contributed by atoms with van der Waals surface area (Å²) in [6.45, 7) is 4.82. The van der Waals surface area contributed by atoms with E-state index in [1.807, 2.05) is 30.5 Å². The normalized spacial score (nSPS) is 10.7. The number of rotatable bonds is 4. The van der Waals surface area contributed by atoms with Crippen molar-refractivity contribution in [2.45, 2.75) is 20.3 Å². The minimum absolute atomic E-state index is 0.177. The Morgan fingerprint density at radius 1 is 1.04 bits per heavy atom. The lowest BCUT2D eigenvalue weighted by molar-refractivity contribution is 0.252. The van der Waals surface area contributed by atoms with Gasteiger partial charge < -0.3 is 15.6 Å². The maximum Gasteiger partial charge on any atom is 0.319 e. The van der Waals surface area contributed by atoms with Gasteiger partial charge in [-0.3, -0.25) is 0 Å². The summed E-state index contributed by atoms with van der Waals surface area (Å²) in [6, 6.07) is 14.0. The number of urea groups is 1. The van der Waals surface area contributed by atoms with Crippen molar-refractivity contribution in [3.8, 4) is 0 Å². The number of H-pyrrole nitrogens is 1. The highest BCUT2D eigenvalue weighted by Crippen LogP contribution is 2.17. The van der Waals surface area contributed by atoms with Gasteiger partial charge in [0.05, 0.1) is 0 Å². The Kier molecular flexibility index (Phi) is 4.33. The molecular formula is C19H21N3O. The highest BCUT2D eigenvalue weighted by Gasteiger charge is 2.03. The molecule has 0 atom stereocenters. The fourth-order valence-electron chi connectivity index (χ4n) is 2.59. The van der Waals surface area contributed by atoms with Gasteiger partial charge in [-0.1, -0.05) is 18.2 Å². The van der Waals surface area contributed by atoms with Crippen LogP contribution in [0.25, 0.3) is 10.9 Å². The topological polar surface area (TPSA) is 56.9 Å². The second kappa shape index (κ2) is 6.57. The second-order valence-corrected chi connectivity index (χ2v) is 5.83. The standard InChI is InChI=1S/C19H21N3O/c1-13-3-4-15(11-14(13)2)7-9-21-19(23)22-17-5-6-18-16(12-17)8-10-20-18/h3-6,8,10-12,20H,7,9H2,1-2H3,(H2,21,22,23). The van der Waals surface area contributed by atoms with Crippen molar-refractivity contribution >= 4 is 22.6 Å². The Labute approximate surface area is 135 Å². The van der Waals surface area contributed by atoms with Crippen LogP contribution in [0, 0.1) is 13.8 Å². The van der Waals surface area contributed by atoms with Crippen LogP contribution in [0.2, 0.25) is 0 Å². The molecule has 2 aromatic carbocycles. The van der Waals surface area contributed by atoms with Crippen LogP contribution < -0.4 is 10.6 Å². The lowest BCUT2D eigenvalue weighted by Crippen LogP contribution is -2.30. The fraction of sp³-hybridized carbons (Fsp3) is 0.211. The number of aromatic amines is 1. The minimum atomic E-state index is -0.177. The quantitative estimate of drug-likeness (QED) is 0.666. The maximum absolute atomic E-state index is 12.0. The van der Waals surface area contributed by atoms with E-state index in [1.54, 1.807) is 0 Å². The first kappa shape index (κ1) is 15.2. The molecule has 0 aliphatic carbocycles. The molecule has 4 heteroatoms. The van der Waals surface area contributed by atoms with Crippen molar-refractivity contribution in [3.05, 3.63) is 65.4 Å². The number of hydrogen-bond acceptors (Lipinski definition) is 1. The number of hydrogen-bond donors (Lipinski definition) is 3. The number of aryl methyl sites for hydroxylation is 2. The molecular weight excluding hydrogens is 286 g/mol. The second-order valence-electron chi connectivity index (χ2n) is 5.83. The van der Waals surface area contributed by atoms with Crippen molar-refractivity contribution in [2.75, 3.05) is 11.9 Å². The van der Waals surface area contributed by atoms with Gasteiger partial charge in [0.2, 0.25) is 0 Å². The number of carbonyl (C=O) groups is 1. The molecule has 23 heavy (non-hydrogen) atoms. The SMILES string of the molecule is Cc1ccc(CCNC(=O)Nc2ccc3[nH]ccc3c2)cc1C. The summed E-state index contributed by atoms with van der Waals surface area (Å²) >= 11 is 0. The van der Waals surface area contributed by atoms with Crippen LogP contribution in [0.5, 0.6) is 0 Å². The molecule has 2 amide bonds. The van der Waals surface area contributed by atoms with Crippen molar-refractivity contribution < 1.29 is 4.79 Å². The van der Waals surface area contributed by atoms with E-state index in [1.165, 1.54) is 16.7 Å². The molecule has 118 valence electrons. The monoisotopic (exact) mass is 307 g/mol. The Morgan fingerprint density at radius 3 is 2.74 bits per heavy atom. The minimum Gasteiger partial charge on any atom is -0.361 e. The van der Waals surface area contributed by atoms with Crippen molar-refractivity contribution in [3.63, 3.8) is 0 Å². The average Bonchev–Trinajstić information content (AvgIpc) is 2.98. The van der Waals surface area contributed by atoms with E-state index >= 15 is 0 Å². The number of aromatic nitrogens is 1. The summed E-state index contributed by atoms with van der Waals surface area (Å²) in [5, 5.41) is 6.85. The number of benzene rings is 2. The lowest BCUT2D eigenvalue weighted by Gasteiger charge is -2.09. The molecule has 3 aromatic rings. The number of fused-ring (bicyclic) bond motifs is 1. The molecule has 0 aliphatic heterocycles. The Balaban J connectivity index is 1.51. The van der Waals surface area contributed by atoms with Gasteiger partial charge in [0.15, 0.2) is 0 Å². The molecule has 1 heterocycles. The lowest BCUT2D eigenvalue weighted by atomic mass is 10.0. The highest BCUT2D eigenvalue weighted by molar-refractivity contribution is 5.92. The third kappa shape index (κ3) is 3.72. The van der Waals surface area contributed by atoms with E-state index in [-0.39, 0.29) is 6.03 Å². The van der Waals surface area contributed by atoms with Crippen LogP contribution in [0.3, 0.4) is 0 Å². The molecule has 0 bridgehead atoms. The molecule has 0 saturated carbocycles. The fourth-order valence-corrected chi connectivity index (χ4v) is 2.59. The van der Waals surface area contributed by atoms with Crippen LogP contribution >= 0.6 is 0 Å². The van der Waals surface area contributed by atoms with Crippen LogP contribution in [0.15, 0.2) is 48.7 Å². The summed E-state index contributed by atoms with van der Waals surface area (Å²) in [5.74, 6) is 0.